The zero-order chi connectivity index (χ0) is 18.8. The fraction of sp³-hybridized carbons (Fsp3) is 0.133. The van der Waals surface area contributed by atoms with E-state index in [9.17, 15) is 21.6 Å². The lowest BCUT2D eigenvalue weighted by atomic mass is 10.1. The Bertz CT molecular complexity index is 1030. The van der Waals surface area contributed by atoms with E-state index in [0.717, 1.165) is 6.26 Å². The van der Waals surface area contributed by atoms with Gasteiger partial charge in [0.05, 0.1) is 22.4 Å². The lowest BCUT2D eigenvalue weighted by Crippen LogP contribution is -2.18. The second-order valence-corrected chi connectivity index (χ2v) is 8.68. The summed E-state index contributed by atoms with van der Waals surface area (Å²) in [5.41, 5.74) is 0.861. The van der Waals surface area contributed by atoms with Crippen molar-refractivity contribution < 1.29 is 21.6 Å². The minimum absolute atomic E-state index is 0.0886. The number of hydrogen-bond donors (Lipinski definition) is 3. The summed E-state index contributed by atoms with van der Waals surface area (Å²) in [5, 5.41) is 7.68. The van der Waals surface area contributed by atoms with Gasteiger partial charge in [0, 0.05) is 5.69 Å². The standard InChI is InChI=1S/C15H17N3O5S2/c1-10-7-8-11(9-14(10)25(16,22)23)17-15(19)12-5-3-4-6-13(12)18-24(2,20)21/h3-9,18H,1-2H3,(H,17,19)(H2,16,22,23). The fourth-order valence-corrected chi connectivity index (χ4v) is 3.54. The highest BCUT2D eigenvalue weighted by molar-refractivity contribution is 7.92. The van der Waals surface area contributed by atoms with Crippen LogP contribution < -0.4 is 15.2 Å². The molecule has 0 aliphatic heterocycles. The van der Waals surface area contributed by atoms with Gasteiger partial charge in [-0.15, -0.1) is 0 Å². The highest BCUT2D eigenvalue weighted by Gasteiger charge is 2.16. The van der Waals surface area contributed by atoms with Crippen molar-refractivity contribution in [1.29, 1.82) is 0 Å². The Kier molecular flexibility index (Phi) is 5.16. The third-order valence-corrected chi connectivity index (χ3v) is 4.86. The van der Waals surface area contributed by atoms with Gasteiger partial charge in [-0.3, -0.25) is 9.52 Å². The number of amides is 1. The van der Waals surface area contributed by atoms with Crippen LogP contribution in [0, 0.1) is 6.92 Å². The van der Waals surface area contributed by atoms with Crippen molar-refractivity contribution in [3.63, 3.8) is 0 Å². The van der Waals surface area contributed by atoms with Crippen LogP contribution in [0.1, 0.15) is 15.9 Å². The number of carbonyl (C=O) groups excluding carboxylic acids is 1. The Balaban J connectivity index is 2.36. The van der Waals surface area contributed by atoms with Crippen molar-refractivity contribution in [2.24, 2.45) is 5.14 Å². The van der Waals surface area contributed by atoms with Crippen molar-refractivity contribution in [3.8, 4) is 0 Å². The maximum Gasteiger partial charge on any atom is 0.257 e. The lowest BCUT2D eigenvalue weighted by Gasteiger charge is -2.12. The number of anilines is 2. The van der Waals surface area contributed by atoms with Gasteiger partial charge in [0.25, 0.3) is 5.91 Å². The molecule has 0 aliphatic rings. The van der Waals surface area contributed by atoms with Gasteiger partial charge in [-0.2, -0.15) is 0 Å². The number of sulfonamides is 2. The summed E-state index contributed by atoms with van der Waals surface area (Å²) in [5.74, 6) is -0.601. The predicted octanol–water partition coefficient (Wildman–Crippen LogP) is 1.27. The molecule has 2 aromatic carbocycles. The fourth-order valence-electron chi connectivity index (χ4n) is 2.15. The van der Waals surface area contributed by atoms with Crippen molar-refractivity contribution in [1.82, 2.24) is 0 Å². The second-order valence-electron chi connectivity index (χ2n) is 5.40. The highest BCUT2D eigenvalue weighted by Crippen LogP contribution is 2.22. The van der Waals surface area contributed by atoms with E-state index >= 15 is 0 Å². The molecular weight excluding hydrogens is 366 g/mol. The first kappa shape index (κ1) is 18.9. The number of hydrogen-bond acceptors (Lipinski definition) is 5. The number of para-hydroxylation sites is 1. The third-order valence-electron chi connectivity index (χ3n) is 3.22. The summed E-state index contributed by atoms with van der Waals surface area (Å²) in [7, 11) is -7.50. The zero-order valence-corrected chi connectivity index (χ0v) is 15.1. The van der Waals surface area contributed by atoms with E-state index in [-0.39, 0.29) is 21.8 Å². The van der Waals surface area contributed by atoms with Gasteiger partial charge >= 0.3 is 0 Å². The van der Waals surface area contributed by atoms with Gasteiger partial charge in [-0.25, -0.2) is 22.0 Å². The van der Waals surface area contributed by atoms with Gasteiger partial charge in [0.15, 0.2) is 0 Å². The Hall–Kier alpha value is -2.43. The van der Waals surface area contributed by atoms with Gasteiger partial charge < -0.3 is 5.32 Å². The minimum Gasteiger partial charge on any atom is -0.322 e. The van der Waals surface area contributed by atoms with Crippen LogP contribution in [-0.4, -0.2) is 29.0 Å². The van der Waals surface area contributed by atoms with E-state index in [0.29, 0.717) is 5.56 Å². The summed E-state index contributed by atoms with van der Waals surface area (Å²) in [6.45, 7) is 1.58. The molecule has 0 heterocycles. The molecule has 10 heteroatoms. The SMILES string of the molecule is Cc1ccc(NC(=O)c2ccccc2NS(C)(=O)=O)cc1S(N)(=O)=O. The zero-order valence-electron chi connectivity index (χ0n) is 13.5. The average molecular weight is 383 g/mol. The molecular formula is C15H17N3O5S2. The van der Waals surface area contributed by atoms with Gasteiger partial charge in [0.1, 0.15) is 0 Å². The summed E-state index contributed by atoms with van der Waals surface area (Å²) in [6.07, 6.45) is 0.972. The van der Waals surface area contributed by atoms with Crippen LogP contribution in [0.15, 0.2) is 47.4 Å². The summed E-state index contributed by atoms with van der Waals surface area (Å²) in [4.78, 5) is 12.3. The maximum absolute atomic E-state index is 12.4. The molecule has 0 atom stereocenters. The average Bonchev–Trinajstić information content (AvgIpc) is 2.47. The Morgan fingerprint density at radius 1 is 1.04 bits per heavy atom. The molecule has 8 nitrogen and oxygen atoms in total. The van der Waals surface area contributed by atoms with Crippen LogP contribution in [0.5, 0.6) is 0 Å². The van der Waals surface area contributed by atoms with E-state index in [1.807, 2.05) is 0 Å². The first-order valence-electron chi connectivity index (χ1n) is 6.99. The number of primary sulfonamides is 1. The Morgan fingerprint density at radius 2 is 1.68 bits per heavy atom. The quantitative estimate of drug-likeness (QED) is 0.714. The van der Waals surface area contributed by atoms with Crippen LogP contribution in [0.25, 0.3) is 0 Å². The third kappa shape index (κ3) is 5.02. The van der Waals surface area contributed by atoms with Crippen LogP contribution in [0.2, 0.25) is 0 Å². The number of carbonyl (C=O) groups is 1. The number of rotatable bonds is 5. The minimum atomic E-state index is -3.93. The number of aryl methyl sites for hydroxylation is 1. The smallest absolute Gasteiger partial charge is 0.257 e. The topological polar surface area (TPSA) is 135 Å². The molecule has 0 saturated carbocycles. The predicted molar refractivity (Wildman–Crippen MR) is 95.4 cm³/mol. The molecule has 0 bridgehead atoms. The van der Waals surface area contributed by atoms with Gasteiger partial charge in [-0.05, 0) is 36.8 Å². The molecule has 4 N–H and O–H groups in total. The van der Waals surface area contributed by atoms with Crippen molar-refractivity contribution in [2.75, 3.05) is 16.3 Å². The molecule has 0 aromatic heterocycles. The molecule has 0 unspecified atom stereocenters. The van der Waals surface area contributed by atoms with Crippen LogP contribution >= 0.6 is 0 Å². The molecule has 0 spiro atoms. The number of benzene rings is 2. The highest BCUT2D eigenvalue weighted by atomic mass is 32.2. The molecule has 2 rings (SSSR count). The van der Waals surface area contributed by atoms with Crippen LogP contribution in [0.3, 0.4) is 0 Å². The first-order chi connectivity index (χ1) is 11.5. The first-order valence-corrected chi connectivity index (χ1v) is 10.4. The largest absolute Gasteiger partial charge is 0.322 e. The van der Waals surface area contributed by atoms with Crippen molar-refractivity contribution in [3.05, 3.63) is 53.6 Å². The molecule has 134 valence electrons. The van der Waals surface area contributed by atoms with E-state index in [1.54, 1.807) is 19.1 Å². The second kappa shape index (κ2) is 6.82. The summed E-state index contributed by atoms with van der Waals surface area (Å²) >= 11 is 0. The molecule has 0 radical (unpaired) electrons. The van der Waals surface area contributed by atoms with Gasteiger partial charge in [0.2, 0.25) is 20.0 Å². The number of nitrogens with two attached hydrogens (primary N) is 1. The molecule has 1 amide bonds. The van der Waals surface area contributed by atoms with Crippen LogP contribution in [-0.2, 0) is 20.0 Å². The Morgan fingerprint density at radius 3 is 2.28 bits per heavy atom. The van der Waals surface area contributed by atoms with Crippen molar-refractivity contribution >= 4 is 37.3 Å². The molecule has 0 fully saturated rings. The van der Waals surface area contributed by atoms with E-state index in [2.05, 4.69) is 10.0 Å². The Labute approximate surface area is 146 Å². The summed E-state index contributed by atoms with van der Waals surface area (Å²) in [6, 6.07) is 10.3. The number of nitrogens with one attached hydrogen (secondary N) is 2. The maximum atomic E-state index is 12.4. The van der Waals surface area contributed by atoms with E-state index in [1.165, 1.54) is 30.3 Å². The van der Waals surface area contributed by atoms with Gasteiger partial charge in [-0.1, -0.05) is 18.2 Å². The molecule has 25 heavy (non-hydrogen) atoms. The lowest BCUT2D eigenvalue weighted by molar-refractivity contribution is 0.102. The van der Waals surface area contributed by atoms with Crippen molar-refractivity contribution in [2.45, 2.75) is 11.8 Å². The molecule has 0 saturated heterocycles. The monoisotopic (exact) mass is 383 g/mol. The molecule has 0 aliphatic carbocycles. The van der Waals surface area contributed by atoms with Crippen LogP contribution in [0.4, 0.5) is 11.4 Å². The van der Waals surface area contributed by atoms with E-state index in [4.69, 9.17) is 5.14 Å². The summed E-state index contributed by atoms with van der Waals surface area (Å²) < 4.78 is 48.2. The van der Waals surface area contributed by atoms with E-state index < -0.39 is 26.0 Å². The molecule has 2 aromatic rings. The normalized spacial score (nSPS) is 11.8.